The van der Waals surface area contributed by atoms with Crippen LogP contribution in [-0.2, 0) is 12.8 Å². The number of hydrogen-bond donors (Lipinski definition) is 1. The highest BCUT2D eigenvalue weighted by Crippen LogP contribution is 2.33. The highest BCUT2D eigenvalue weighted by molar-refractivity contribution is 7.17. The van der Waals surface area contributed by atoms with Crippen LogP contribution in [0.2, 0.25) is 0 Å². The van der Waals surface area contributed by atoms with Crippen LogP contribution in [-0.4, -0.2) is 29.1 Å². The second-order valence-electron chi connectivity index (χ2n) is 7.29. The van der Waals surface area contributed by atoms with E-state index in [2.05, 4.69) is 59.7 Å². The predicted octanol–water partition coefficient (Wildman–Crippen LogP) is 5.20. The van der Waals surface area contributed by atoms with Crippen LogP contribution in [0.4, 0.5) is 0 Å². The third-order valence-corrected chi connectivity index (χ3v) is 6.67. The van der Waals surface area contributed by atoms with E-state index < -0.39 is 0 Å². The van der Waals surface area contributed by atoms with Crippen LogP contribution in [0.15, 0.2) is 53.9 Å². The summed E-state index contributed by atoms with van der Waals surface area (Å²) in [6.45, 7) is 4.29. The van der Waals surface area contributed by atoms with Crippen molar-refractivity contribution in [1.29, 1.82) is 0 Å². The Balaban J connectivity index is 1.51. The molecule has 2 nitrogen and oxygen atoms in total. The third kappa shape index (κ3) is 3.44. The molecule has 3 heteroatoms. The third-order valence-electron chi connectivity index (χ3n) is 5.66. The van der Waals surface area contributed by atoms with Crippen molar-refractivity contribution in [3.05, 3.63) is 70.6 Å². The zero-order chi connectivity index (χ0) is 17.9. The molecular weight excluding hydrogens is 338 g/mol. The van der Waals surface area contributed by atoms with Crippen LogP contribution < -0.4 is 0 Å². The zero-order valence-electron chi connectivity index (χ0n) is 15.4. The fourth-order valence-corrected chi connectivity index (χ4v) is 5.32. The largest absolute Gasteiger partial charge is 0.387 e. The molecular formula is C23H27NOS. The average Bonchev–Trinajstić information content (AvgIpc) is 3.09. The standard InChI is InChI=1S/C23H27NOS/c1-2-14-24(15-13-18-16-26-22-10-6-5-8-19(18)22)21-12-11-17-7-3-4-9-20(17)23(21)25/h3-10,16,21,23,25H,2,11-15H2,1H3. The van der Waals surface area contributed by atoms with E-state index in [1.165, 1.54) is 21.2 Å². The normalized spacial score (nSPS) is 19.8. The van der Waals surface area contributed by atoms with Crippen LogP contribution in [0, 0.1) is 0 Å². The maximum absolute atomic E-state index is 11.0. The Morgan fingerprint density at radius 2 is 1.88 bits per heavy atom. The summed E-state index contributed by atoms with van der Waals surface area (Å²) in [7, 11) is 0. The molecule has 0 fully saturated rings. The number of fused-ring (bicyclic) bond motifs is 2. The van der Waals surface area contributed by atoms with Gasteiger partial charge in [-0.05, 0) is 65.8 Å². The lowest BCUT2D eigenvalue weighted by atomic mass is 9.85. The molecule has 1 aromatic heterocycles. The molecule has 0 radical (unpaired) electrons. The Morgan fingerprint density at radius 3 is 2.77 bits per heavy atom. The van der Waals surface area contributed by atoms with Crippen molar-refractivity contribution in [3.63, 3.8) is 0 Å². The van der Waals surface area contributed by atoms with Gasteiger partial charge in [0.1, 0.15) is 0 Å². The Kier molecular flexibility index (Phi) is 5.39. The molecule has 0 amide bonds. The highest BCUT2D eigenvalue weighted by atomic mass is 32.1. The van der Waals surface area contributed by atoms with E-state index in [0.717, 1.165) is 44.3 Å². The van der Waals surface area contributed by atoms with Crippen molar-refractivity contribution < 1.29 is 5.11 Å². The maximum atomic E-state index is 11.0. The monoisotopic (exact) mass is 365 g/mol. The summed E-state index contributed by atoms with van der Waals surface area (Å²) in [5, 5.41) is 14.7. The molecule has 4 rings (SSSR count). The van der Waals surface area contributed by atoms with Crippen LogP contribution in [0.25, 0.3) is 10.1 Å². The number of rotatable bonds is 6. The number of aliphatic hydroxyl groups is 1. The second kappa shape index (κ2) is 7.91. The van der Waals surface area contributed by atoms with Gasteiger partial charge >= 0.3 is 0 Å². The van der Waals surface area contributed by atoms with Gasteiger partial charge in [-0.2, -0.15) is 0 Å². The molecule has 0 bridgehead atoms. The topological polar surface area (TPSA) is 23.5 Å². The molecule has 0 saturated carbocycles. The molecule has 3 aromatic rings. The number of thiophene rings is 1. The summed E-state index contributed by atoms with van der Waals surface area (Å²) >= 11 is 1.84. The lowest BCUT2D eigenvalue weighted by Crippen LogP contribution is -2.43. The van der Waals surface area contributed by atoms with E-state index in [1.54, 1.807) is 0 Å². The molecule has 0 saturated heterocycles. The van der Waals surface area contributed by atoms with Gasteiger partial charge in [-0.15, -0.1) is 11.3 Å². The average molecular weight is 366 g/mol. The van der Waals surface area contributed by atoms with E-state index in [-0.39, 0.29) is 12.1 Å². The summed E-state index contributed by atoms with van der Waals surface area (Å²) in [5.41, 5.74) is 3.89. The van der Waals surface area contributed by atoms with Gasteiger partial charge in [0.2, 0.25) is 0 Å². The zero-order valence-corrected chi connectivity index (χ0v) is 16.2. The molecule has 1 heterocycles. The minimum atomic E-state index is -0.370. The van der Waals surface area contributed by atoms with Gasteiger partial charge < -0.3 is 5.11 Å². The molecule has 26 heavy (non-hydrogen) atoms. The van der Waals surface area contributed by atoms with Gasteiger partial charge in [0, 0.05) is 17.3 Å². The summed E-state index contributed by atoms with van der Waals surface area (Å²) in [4.78, 5) is 2.52. The lowest BCUT2D eigenvalue weighted by Gasteiger charge is -2.38. The number of aryl methyl sites for hydroxylation is 1. The summed E-state index contributed by atoms with van der Waals surface area (Å²) < 4.78 is 1.37. The van der Waals surface area contributed by atoms with E-state index in [0.29, 0.717) is 0 Å². The van der Waals surface area contributed by atoms with E-state index in [9.17, 15) is 5.11 Å². The second-order valence-corrected chi connectivity index (χ2v) is 8.20. The number of nitrogens with zero attached hydrogens (tertiary/aromatic N) is 1. The molecule has 1 aliphatic carbocycles. The molecule has 2 unspecified atom stereocenters. The molecule has 0 aliphatic heterocycles. The van der Waals surface area contributed by atoms with Crippen molar-refractivity contribution in [2.75, 3.05) is 13.1 Å². The fourth-order valence-electron chi connectivity index (χ4n) is 4.32. The van der Waals surface area contributed by atoms with Gasteiger partial charge in [-0.1, -0.05) is 49.4 Å². The first-order valence-corrected chi connectivity index (χ1v) is 10.6. The summed E-state index contributed by atoms with van der Waals surface area (Å²) in [5.74, 6) is 0. The molecule has 2 atom stereocenters. The lowest BCUT2D eigenvalue weighted by molar-refractivity contribution is 0.0363. The smallest absolute Gasteiger partial charge is 0.0947 e. The molecule has 0 spiro atoms. The first-order valence-electron chi connectivity index (χ1n) is 9.73. The minimum absolute atomic E-state index is 0.231. The van der Waals surface area contributed by atoms with Gasteiger partial charge in [-0.25, -0.2) is 0 Å². The Hall–Kier alpha value is -1.68. The van der Waals surface area contributed by atoms with Crippen molar-refractivity contribution in [2.45, 2.75) is 44.8 Å². The summed E-state index contributed by atoms with van der Waals surface area (Å²) in [6, 6.07) is 17.3. The maximum Gasteiger partial charge on any atom is 0.0947 e. The van der Waals surface area contributed by atoms with Crippen LogP contribution in [0.1, 0.15) is 42.6 Å². The Morgan fingerprint density at radius 1 is 1.08 bits per heavy atom. The Labute approximate surface area is 160 Å². The van der Waals surface area contributed by atoms with Gasteiger partial charge in [0.05, 0.1) is 6.10 Å². The van der Waals surface area contributed by atoms with Crippen LogP contribution in [0.5, 0.6) is 0 Å². The minimum Gasteiger partial charge on any atom is -0.387 e. The van der Waals surface area contributed by atoms with Gasteiger partial charge in [0.15, 0.2) is 0 Å². The first-order chi connectivity index (χ1) is 12.8. The van der Waals surface area contributed by atoms with Crippen molar-refractivity contribution >= 4 is 21.4 Å². The van der Waals surface area contributed by atoms with E-state index in [1.807, 2.05) is 17.4 Å². The van der Waals surface area contributed by atoms with Crippen molar-refractivity contribution in [1.82, 2.24) is 4.90 Å². The summed E-state index contributed by atoms with van der Waals surface area (Å²) in [6.07, 6.45) is 3.91. The number of benzene rings is 2. The van der Waals surface area contributed by atoms with Crippen molar-refractivity contribution in [3.8, 4) is 0 Å². The molecule has 2 aromatic carbocycles. The van der Waals surface area contributed by atoms with Crippen LogP contribution >= 0.6 is 11.3 Å². The Bertz CT molecular complexity index is 871. The molecule has 136 valence electrons. The fraction of sp³-hybridized carbons (Fsp3) is 0.391. The number of hydrogen-bond acceptors (Lipinski definition) is 3. The van der Waals surface area contributed by atoms with Gasteiger partial charge in [0.25, 0.3) is 0 Å². The van der Waals surface area contributed by atoms with Crippen LogP contribution in [0.3, 0.4) is 0 Å². The van der Waals surface area contributed by atoms with E-state index in [4.69, 9.17) is 0 Å². The number of aliphatic hydroxyl groups excluding tert-OH is 1. The SMILES string of the molecule is CCCN(CCc1csc2ccccc12)C1CCc2ccccc2C1O. The molecule has 1 aliphatic rings. The first kappa shape index (κ1) is 17.7. The highest BCUT2D eigenvalue weighted by Gasteiger charge is 2.31. The molecule has 1 N–H and O–H groups in total. The quantitative estimate of drug-likeness (QED) is 0.649. The van der Waals surface area contributed by atoms with E-state index >= 15 is 0 Å². The van der Waals surface area contributed by atoms with Gasteiger partial charge in [-0.3, -0.25) is 4.90 Å². The van der Waals surface area contributed by atoms with Crippen molar-refractivity contribution in [2.24, 2.45) is 0 Å². The predicted molar refractivity (Wildman–Crippen MR) is 111 cm³/mol.